The molecule has 1 aromatic heterocycles. The third kappa shape index (κ3) is 2.88. The lowest BCUT2D eigenvalue weighted by atomic mass is 9.92. The van der Waals surface area contributed by atoms with Gasteiger partial charge in [0.25, 0.3) is 0 Å². The highest BCUT2D eigenvalue weighted by molar-refractivity contribution is 7.10. The fraction of sp³-hybridized carbons (Fsp3) is 0.750. The second kappa shape index (κ2) is 4.24. The van der Waals surface area contributed by atoms with Crippen molar-refractivity contribution >= 4 is 22.4 Å². The lowest BCUT2D eigenvalue weighted by Gasteiger charge is -2.18. The number of anilines is 2. The molecule has 1 heterocycles. The Hall–Kier alpha value is -0.770. The van der Waals surface area contributed by atoms with Crippen LogP contribution in [0.3, 0.4) is 0 Å². The van der Waals surface area contributed by atoms with Crippen molar-refractivity contribution in [1.29, 1.82) is 0 Å². The van der Waals surface area contributed by atoms with E-state index in [1.165, 1.54) is 34.9 Å². The summed E-state index contributed by atoms with van der Waals surface area (Å²) in [5.74, 6) is 1.42. The van der Waals surface area contributed by atoms with Crippen LogP contribution in [0.2, 0.25) is 0 Å². The van der Waals surface area contributed by atoms with E-state index in [2.05, 4.69) is 30.5 Å². The van der Waals surface area contributed by atoms with Gasteiger partial charge in [0.1, 0.15) is 10.8 Å². The highest BCUT2D eigenvalue weighted by atomic mass is 32.1. The van der Waals surface area contributed by atoms with Crippen molar-refractivity contribution in [2.24, 2.45) is 5.41 Å². The molecule has 1 saturated carbocycles. The van der Waals surface area contributed by atoms with Gasteiger partial charge in [-0.25, -0.2) is 0 Å². The second-order valence-electron chi connectivity index (χ2n) is 5.82. The average molecular weight is 239 g/mol. The molecule has 16 heavy (non-hydrogen) atoms. The van der Waals surface area contributed by atoms with Gasteiger partial charge in [0.2, 0.25) is 0 Å². The summed E-state index contributed by atoms with van der Waals surface area (Å²) < 4.78 is 4.25. The van der Waals surface area contributed by atoms with E-state index >= 15 is 0 Å². The normalized spacial score (nSPS) is 16.4. The smallest absolute Gasteiger partial charge is 0.142 e. The first kappa shape index (κ1) is 11.7. The fourth-order valence-electron chi connectivity index (χ4n) is 1.75. The monoisotopic (exact) mass is 239 g/mol. The Morgan fingerprint density at radius 3 is 2.69 bits per heavy atom. The summed E-state index contributed by atoms with van der Waals surface area (Å²) in [4.78, 5) is 0. The van der Waals surface area contributed by atoms with Gasteiger partial charge in [0.15, 0.2) is 0 Å². The molecule has 1 aromatic rings. The third-order valence-electron chi connectivity index (χ3n) is 2.90. The molecule has 0 saturated heterocycles. The fourth-order valence-corrected chi connectivity index (χ4v) is 2.58. The van der Waals surface area contributed by atoms with Crippen molar-refractivity contribution in [3.63, 3.8) is 0 Å². The van der Waals surface area contributed by atoms with Crippen LogP contribution in [0.5, 0.6) is 0 Å². The van der Waals surface area contributed by atoms with Gasteiger partial charge >= 0.3 is 0 Å². The van der Waals surface area contributed by atoms with Crippen LogP contribution in [0.1, 0.15) is 51.5 Å². The Morgan fingerprint density at radius 1 is 1.44 bits per heavy atom. The molecule has 0 atom stereocenters. The molecule has 0 spiro atoms. The Labute approximate surface area is 102 Å². The average Bonchev–Trinajstić information content (AvgIpc) is 2.91. The maximum atomic E-state index is 5.90. The first-order chi connectivity index (χ1) is 7.47. The molecule has 0 aromatic carbocycles. The largest absolute Gasteiger partial charge is 0.383 e. The minimum absolute atomic E-state index is 0.378. The van der Waals surface area contributed by atoms with Gasteiger partial charge < -0.3 is 11.1 Å². The molecule has 1 aliphatic rings. The molecule has 90 valence electrons. The molecule has 3 N–H and O–H groups in total. The van der Waals surface area contributed by atoms with Crippen molar-refractivity contribution in [3.05, 3.63) is 5.56 Å². The van der Waals surface area contributed by atoms with Gasteiger partial charge in [-0.1, -0.05) is 20.8 Å². The van der Waals surface area contributed by atoms with Crippen molar-refractivity contribution < 1.29 is 0 Å². The lowest BCUT2D eigenvalue weighted by molar-refractivity contribution is 0.390. The Morgan fingerprint density at radius 2 is 2.12 bits per heavy atom. The lowest BCUT2D eigenvalue weighted by Crippen LogP contribution is -2.12. The van der Waals surface area contributed by atoms with Crippen molar-refractivity contribution in [2.45, 2.75) is 46.0 Å². The molecule has 2 rings (SSSR count). The van der Waals surface area contributed by atoms with Gasteiger partial charge in [-0.3, -0.25) is 0 Å². The number of hydrogen-bond donors (Lipinski definition) is 2. The van der Waals surface area contributed by atoms with E-state index in [1.807, 2.05) is 0 Å². The highest BCUT2D eigenvalue weighted by Crippen LogP contribution is 2.47. The van der Waals surface area contributed by atoms with E-state index in [-0.39, 0.29) is 0 Å². The SMILES string of the molecule is CC(C)(C)CCNc1snc(N)c1C1CC1. The maximum absolute atomic E-state index is 5.90. The van der Waals surface area contributed by atoms with Crippen LogP contribution in [-0.2, 0) is 0 Å². The summed E-state index contributed by atoms with van der Waals surface area (Å²) in [6.07, 6.45) is 3.71. The molecular formula is C12H21N3S. The van der Waals surface area contributed by atoms with Crippen LogP contribution >= 0.6 is 11.5 Å². The molecule has 3 nitrogen and oxygen atoms in total. The minimum atomic E-state index is 0.378. The van der Waals surface area contributed by atoms with Crippen molar-refractivity contribution in [1.82, 2.24) is 4.37 Å². The predicted molar refractivity (Wildman–Crippen MR) is 71.1 cm³/mol. The standard InChI is InChI=1S/C12H21N3S/c1-12(2,3)6-7-14-11-9(8-4-5-8)10(13)15-16-11/h8,14H,4-7H2,1-3H3,(H2,13,15). The highest BCUT2D eigenvalue weighted by Gasteiger charge is 2.30. The number of hydrogen-bond acceptors (Lipinski definition) is 4. The van der Waals surface area contributed by atoms with Crippen LogP contribution in [0.25, 0.3) is 0 Å². The molecule has 4 heteroatoms. The van der Waals surface area contributed by atoms with E-state index in [9.17, 15) is 0 Å². The Balaban J connectivity index is 1.94. The number of aromatic nitrogens is 1. The van der Waals surface area contributed by atoms with E-state index in [0.717, 1.165) is 18.8 Å². The van der Waals surface area contributed by atoms with Crippen LogP contribution in [0, 0.1) is 5.41 Å². The van der Waals surface area contributed by atoms with E-state index in [1.54, 1.807) is 0 Å². The van der Waals surface area contributed by atoms with E-state index < -0.39 is 0 Å². The first-order valence-corrected chi connectivity index (χ1v) is 6.73. The molecule has 0 radical (unpaired) electrons. The molecule has 1 aliphatic carbocycles. The summed E-state index contributed by atoms with van der Waals surface area (Å²) in [7, 11) is 0. The third-order valence-corrected chi connectivity index (χ3v) is 3.74. The summed E-state index contributed by atoms with van der Waals surface area (Å²) in [6, 6.07) is 0. The molecule has 1 fully saturated rings. The number of nitrogens with one attached hydrogen (secondary N) is 1. The molecular weight excluding hydrogens is 218 g/mol. The molecule has 0 aliphatic heterocycles. The summed E-state index contributed by atoms with van der Waals surface area (Å²) in [5.41, 5.74) is 7.55. The van der Waals surface area contributed by atoms with Gasteiger partial charge in [-0.2, -0.15) is 4.37 Å². The molecule has 0 bridgehead atoms. The van der Waals surface area contributed by atoms with Gasteiger partial charge in [-0.15, -0.1) is 0 Å². The summed E-state index contributed by atoms with van der Waals surface area (Å²) in [5, 5.41) is 4.69. The van der Waals surface area contributed by atoms with Gasteiger partial charge in [-0.05, 0) is 42.1 Å². The topological polar surface area (TPSA) is 50.9 Å². The van der Waals surface area contributed by atoms with Crippen LogP contribution < -0.4 is 11.1 Å². The Bertz CT molecular complexity index is 361. The predicted octanol–water partition coefficient (Wildman–Crippen LogP) is 3.45. The second-order valence-corrected chi connectivity index (χ2v) is 6.60. The first-order valence-electron chi connectivity index (χ1n) is 5.96. The number of nitrogens with two attached hydrogens (primary N) is 1. The maximum Gasteiger partial charge on any atom is 0.142 e. The van der Waals surface area contributed by atoms with Crippen LogP contribution in [-0.4, -0.2) is 10.9 Å². The zero-order chi connectivity index (χ0) is 11.8. The molecule has 0 amide bonds. The Kier molecular flexibility index (Phi) is 3.10. The van der Waals surface area contributed by atoms with Crippen LogP contribution in [0.4, 0.5) is 10.8 Å². The number of nitrogens with zero attached hydrogens (tertiary/aromatic N) is 1. The van der Waals surface area contributed by atoms with Crippen LogP contribution in [0.15, 0.2) is 0 Å². The zero-order valence-corrected chi connectivity index (χ0v) is 11.2. The number of rotatable bonds is 4. The minimum Gasteiger partial charge on any atom is -0.383 e. The molecule has 0 unspecified atom stereocenters. The summed E-state index contributed by atoms with van der Waals surface area (Å²) >= 11 is 1.51. The quantitative estimate of drug-likeness (QED) is 0.846. The van der Waals surface area contributed by atoms with E-state index in [0.29, 0.717) is 11.3 Å². The van der Waals surface area contributed by atoms with E-state index in [4.69, 9.17) is 5.73 Å². The van der Waals surface area contributed by atoms with Gasteiger partial charge in [0, 0.05) is 12.1 Å². The number of nitrogen functional groups attached to an aromatic ring is 1. The van der Waals surface area contributed by atoms with Crippen molar-refractivity contribution in [3.8, 4) is 0 Å². The summed E-state index contributed by atoms with van der Waals surface area (Å²) in [6.45, 7) is 7.79. The van der Waals surface area contributed by atoms with Gasteiger partial charge in [0.05, 0.1) is 0 Å². The van der Waals surface area contributed by atoms with Crippen molar-refractivity contribution in [2.75, 3.05) is 17.6 Å². The zero-order valence-electron chi connectivity index (χ0n) is 10.3.